The first-order valence-electron chi connectivity index (χ1n) is 5.81. The van der Waals surface area contributed by atoms with Gasteiger partial charge in [-0.25, -0.2) is 0 Å². The lowest BCUT2D eigenvalue weighted by Crippen LogP contribution is -2.07. The Labute approximate surface area is 105 Å². The van der Waals surface area contributed by atoms with Gasteiger partial charge >= 0.3 is 0 Å². The van der Waals surface area contributed by atoms with E-state index in [1.54, 1.807) is 11.3 Å². The highest BCUT2D eigenvalue weighted by atomic mass is 32.1. The number of hydrogen-bond donors (Lipinski definition) is 2. The van der Waals surface area contributed by atoms with E-state index in [4.69, 9.17) is 10.5 Å². The summed E-state index contributed by atoms with van der Waals surface area (Å²) >= 11 is 1.66. The molecule has 0 saturated heterocycles. The van der Waals surface area contributed by atoms with Crippen molar-refractivity contribution in [3.63, 3.8) is 0 Å². The number of aryl methyl sites for hydroxylation is 2. The molecule has 4 heteroatoms. The molecule has 0 saturated carbocycles. The number of nitrogen functional groups attached to an aromatic ring is 1. The number of anilines is 1. The van der Waals surface area contributed by atoms with Gasteiger partial charge in [-0.2, -0.15) is 0 Å². The molecule has 1 aliphatic heterocycles. The minimum Gasteiger partial charge on any atom is -0.390 e. The predicted octanol–water partition coefficient (Wildman–Crippen LogP) is 3.01. The fourth-order valence-corrected chi connectivity index (χ4v) is 3.42. The average Bonchev–Trinajstić information content (AvgIpc) is 2.78. The molecule has 17 heavy (non-hydrogen) atoms. The van der Waals surface area contributed by atoms with E-state index in [1.165, 1.54) is 27.3 Å². The Kier molecular flexibility index (Phi) is 2.49. The summed E-state index contributed by atoms with van der Waals surface area (Å²) in [5.41, 5.74) is 12.4. The van der Waals surface area contributed by atoms with E-state index >= 15 is 0 Å². The van der Waals surface area contributed by atoms with Gasteiger partial charge in [0.2, 0.25) is 0 Å². The summed E-state index contributed by atoms with van der Waals surface area (Å²) in [5.74, 6) is 0. The molecule has 2 aromatic rings. The number of nitrogens with two attached hydrogens (primary N) is 1. The van der Waals surface area contributed by atoms with Crippen LogP contribution < -0.4 is 5.73 Å². The molecular weight excluding hydrogens is 232 g/mol. The molecule has 3 heterocycles. The lowest BCUT2D eigenvalue weighted by molar-refractivity contribution is 0.114. The van der Waals surface area contributed by atoms with Crippen molar-refractivity contribution in [1.29, 1.82) is 0 Å². The first kappa shape index (κ1) is 10.9. The fraction of sp³-hybridized carbons (Fsp3) is 0.385. The van der Waals surface area contributed by atoms with Crippen LogP contribution in [0.25, 0.3) is 11.3 Å². The first-order chi connectivity index (χ1) is 8.16. The number of nitrogens with one attached hydrogen (secondary N) is 1. The molecule has 0 spiro atoms. The van der Waals surface area contributed by atoms with E-state index in [-0.39, 0.29) is 0 Å². The van der Waals surface area contributed by atoms with Crippen LogP contribution in [0, 0.1) is 13.8 Å². The van der Waals surface area contributed by atoms with Gasteiger partial charge < -0.3 is 15.5 Å². The second-order valence-electron chi connectivity index (χ2n) is 4.54. The van der Waals surface area contributed by atoms with E-state index in [0.29, 0.717) is 6.61 Å². The van der Waals surface area contributed by atoms with Crippen LogP contribution in [0.2, 0.25) is 0 Å². The SMILES string of the molecule is Cc1cc(-c2c(N)sc3c2CCOC3)[nH]c1C. The topological polar surface area (TPSA) is 51.0 Å². The number of rotatable bonds is 1. The third-order valence-electron chi connectivity index (χ3n) is 3.39. The van der Waals surface area contributed by atoms with Crippen LogP contribution in [0.3, 0.4) is 0 Å². The van der Waals surface area contributed by atoms with Crippen molar-refractivity contribution in [1.82, 2.24) is 4.98 Å². The maximum Gasteiger partial charge on any atom is 0.0957 e. The Morgan fingerprint density at radius 1 is 1.41 bits per heavy atom. The van der Waals surface area contributed by atoms with Crippen LogP contribution in [0.5, 0.6) is 0 Å². The molecule has 3 N–H and O–H groups in total. The Bertz CT molecular complexity index is 549. The first-order valence-corrected chi connectivity index (χ1v) is 6.63. The van der Waals surface area contributed by atoms with Gasteiger partial charge in [0.15, 0.2) is 0 Å². The second-order valence-corrected chi connectivity index (χ2v) is 5.67. The van der Waals surface area contributed by atoms with Crippen LogP contribution >= 0.6 is 11.3 Å². The molecule has 0 unspecified atom stereocenters. The molecule has 0 fully saturated rings. The zero-order valence-corrected chi connectivity index (χ0v) is 10.9. The van der Waals surface area contributed by atoms with Crippen molar-refractivity contribution >= 4 is 16.3 Å². The summed E-state index contributed by atoms with van der Waals surface area (Å²) in [5, 5.41) is 0.904. The Morgan fingerprint density at radius 3 is 2.94 bits per heavy atom. The highest BCUT2D eigenvalue weighted by Gasteiger charge is 2.21. The molecular formula is C13H16N2OS. The van der Waals surface area contributed by atoms with Crippen molar-refractivity contribution in [2.45, 2.75) is 26.9 Å². The summed E-state index contributed by atoms with van der Waals surface area (Å²) in [6, 6.07) is 2.18. The average molecular weight is 248 g/mol. The third-order valence-corrected chi connectivity index (χ3v) is 4.43. The van der Waals surface area contributed by atoms with Crippen LogP contribution in [-0.4, -0.2) is 11.6 Å². The molecule has 2 aromatic heterocycles. The van der Waals surface area contributed by atoms with Gasteiger partial charge in [0.05, 0.1) is 18.2 Å². The van der Waals surface area contributed by atoms with Crippen molar-refractivity contribution < 1.29 is 4.74 Å². The zero-order chi connectivity index (χ0) is 12.0. The van der Waals surface area contributed by atoms with E-state index in [2.05, 4.69) is 24.9 Å². The highest BCUT2D eigenvalue weighted by Crippen LogP contribution is 2.41. The van der Waals surface area contributed by atoms with Gasteiger partial charge in [-0.15, -0.1) is 11.3 Å². The highest BCUT2D eigenvalue weighted by molar-refractivity contribution is 7.16. The number of H-pyrrole nitrogens is 1. The van der Waals surface area contributed by atoms with E-state index in [1.807, 2.05) is 0 Å². The van der Waals surface area contributed by atoms with Crippen LogP contribution in [-0.2, 0) is 17.8 Å². The minimum absolute atomic E-state index is 0.711. The zero-order valence-electron chi connectivity index (χ0n) is 10.1. The molecule has 90 valence electrons. The third kappa shape index (κ3) is 1.68. The number of aromatic amines is 1. The largest absolute Gasteiger partial charge is 0.390 e. The van der Waals surface area contributed by atoms with Crippen molar-refractivity contribution in [2.24, 2.45) is 0 Å². The van der Waals surface area contributed by atoms with Gasteiger partial charge in [0.25, 0.3) is 0 Å². The van der Waals surface area contributed by atoms with Gasteiger partial charge in [-0.1, -0.05) is 0 Å². The lowest BCUT2D eigenvalue weighted by atomic mass is 10.0. The maximum atomic E-state index is 6.16. The summed E-state index contributed by atoms with van der Waals surface area (Å²) in [6.45, 7) is 5.72. The number of ether oxygens (including phenoxy) is 1. The maximum absolute atomic E-state index is 6.16. The molecule has 3 nitrogen and oxygen atoms in total. The minimum atomic E-state index is 0.711. The molecule has 1 aliphatic rings. The number of hydrogen-bond acceptors (Lipinski definition) is 3. The number of aromatic nitrogens is 1. The molecule has 0 bridgehead atoms. The monoisotopic (exact) mass is 248 g/mol. The number of thiophene rings is 1. The van der Waals surface area contributed by atoms with Gasteiger partial charge in [-0.3, -0.25) is 0 Å². The smallest absolute Gasteiger partial charge is 0.0957 e. The fourth-order valence-electron chi connectivity index (χ4n) is 2.34. The Hall–Kier alpha value is -1.26. The molecule has 0 amide bonds. The quantitative estimate of drug-likeness (QED) is 0.815. The molecule has 0 radical (unpaired) electrons. The molecule has 0 atom stereocenters. The van der Waals surface area contributed by atoms with Crippen LogP contribution in [0.15, 0.2) is 6.07 Å². The summed E-state index contributed by atoms with van der Waals surface area (Å²) in [6.07, 6.45) is 0.968. The molecule has 0 aromatic carbocycles. The summed E-state index contributed by atoms with van der Waals surface area (Å²) < 4.78 is 5.47. The summed E-state index contributed by atoms with van der Waals surface area (Å²) in [4.78, 5) is 4.71. The molecule has 3 rings (SSSR count). The number of fused-ring (bicyclic) bond motifs is 1. The van der Waals surface area contributed by atoms with Crippen LogP contribution in [0.1, 0.15) is 21.7 Å². The Morgan fingerprint density at radius 2 is 2.24 bits per heavy atom. The van der Waals surface area contributed by atoms with E-state index in [9.17, 15) is 0 Å². The Balaban J connectivity index is 2.16. The molecule has 0 aliphatic carbocycles. The van der Waals surface area contributed by atoms with E-state index in [0.717, 1.165) is 23.7 Å². The van der Waals surface area contributed by atoms with Gasteiger partial charge in [0.1, 0.15) is 0 Å². The van der Waals surface area contributed by atoms with Crippen LogP contribution in [0.4, 0.5) is 5.00 Å². The van der Waals surface area contributed by atoms with Crippen molar-refractivity contribution in [3.05, 3.63) is 27.8 Å². The summed E-state index contributed by atoms with van der Waals surface area (Å²) in [7, 11) is 0. The van der Waals surface area contributed by atoms with Gasteiger partial charge in [-0.05, 0) is 37.5 Å². The normalized spacial score (nSPS) is 14.9. The predicted molar refractivity (Wildman–Crippen MR) is 71.4 cm³/mol. The second kappa shape index (κ2) is 3.89. The van der Waals surface area contributed by atoms with Gasteiger partial charge in [0, 0.05) is 21.8 Å². The van der Waals surface area contributed by atoms with E-state index < -0.39 is 0 Å². The lowest BCUT2D eigenvalue weighted by Gasteiger charge is -2.13. The van der Waals surface area contributed by atoms with Crippen molar-refractivity contribution in [3.8, 4) is 11.3 Å². The standard InChI is InChI=1S/C13H16N2OS/c1-7-5-10(15-8(7)2)12-9-3-4-16-6-11(9)17-13(12)14/h5,15H,3-4,6,14H2,1-2H3. The van der Waals surface area contributed by atoms with Crippen molar-refractivity contribution in [2.75, 3.05) is 12.3 Å².